The summed E-state index contributed by atoms with van der Waals surface area (Å²) in [6.07, 6.45) is 6.55. The number of unbranched alkanes of at least 4 members (excludes halogenated alkanes) is 1. The molecular weight excluding hydrogens is 242 g/mol. The molecule has 19 heavy (non-hydrogen) atoms. The van der Waals surface area contributed by atoms with E-state index in [0.717, 1.165) is 25.8 Å². The van der Waals surface area contributed by atoms with Gasteiger partial charge in [0.05, 0.1) is 11.9 Å². The summed E-state index contributed by atoms with van der Waals surface area (Å²) >= 11 is 0. The van der Waals surface area contributed by atoms with Crippen molar-refractivity contribution in [1.82, 2.24) is 4.57 Å². The second-order valence-corrected chi connectivity index (χ2v) is 5.06. The molecule has 0 aliphatic rings. The van der Waals surface area contributed by atoms with Gasteiger partial charge in [0.15, 0.2) is 11.5 Å². The summed E-state index contributed by atoms with van der Waals surface area (Å²) in [4.78, 5) is 11.5. The predicted molar refractivity (Wildman–Crippen MR) is 76.7 cm³/mol. The van der Waals surface area contributed by atoms with Crippen molar-refractivity contribution in [3.63, 3.8) is 0 Å². The zero-order chi connectivity index (χ0) is 14.4. The van der Waals surface area contributed by atoms with Gasteiger partial charge in [0.1, 0.15) is 0 Å². The lowest BCUT2D eigenvalue weighted by molar-refractivity contribution is 0.365. The monoisotopic (exact) mass is 267 g/mol. The van der Waals surface area contributed by atoms with Crippen molar-refractivity contribution in [2.24, 2.45) is 5.92 Å². The molecule has 1 aromatic rings. The molecule has 0 amide bonds. The normalized spacial score (nSPS) is 12.6. The van der Waals surface area contributed by atoms with E-state index in [9.17, 15) is 15.0 Å². The Hall–Kier alpha value is -1.45. The van der Waals surface area contributed by atoms with E-state index in [1.54, 1.807) is 0 Å². The lowest BCUT2D eigenvalue weighted by atomic mass is 9.99. The molecular formula is C15H25NO3. The summed E-state index contributed by atoms with van der Waals surface area (Å²) in [5.74, 6) is -0.181. The highest BCUT2D eigenvalue weighted by atomic mass is 16.3. The molecule has 1 atom stereocenters. The van der Waals surface area contributed by atoms with Crippen LogP contribution >= 0.6 is 0 Å². The third-order valence-electron chi connectivity index (χ3n) is 3.68. The van der Waals surface area contributed by atoms with Crippen LogP contribution in [0.5, 0.6) is 11.5 Å². The van der Waals surface area contributed by atoms with Gasteiger partial charge >= 0.3 is 0 Å². The van der Waals surface area contributed by atoms with Crippen LogP contribution < -0.4 is 5.43 Å². The molecule has 4 nitrogen and oxygen atoms in total. The highest BCUT2D eigenvalue weighted by Gasteiger charge is 2.15. The zero-order valence-electron chi connectivity index (χ0n) is 12.1. The summed E-state index contributed by atoms with van der Waals surface area (Å²) in [6, 6.07) is 0. The molecule has 1 unspecified atom stereocenters. The third-order valence-corrected chi connectivity index (χ3v) is 3.68. The maximum absolute atomic E-state index is 11.5. The first kappa shape index (κ1) is 15.6. The van der Waals surface area contributed by atoms with Crippen LogP contribution in [0.4, 0.5) is 0 Å². The van der Waals surface area contributed by atoms with Crippen molar-refractivity contribution in [2.75, 3.05) is 0 Å². The molecule has 1 aromatic heterocycles. The third kappa shape index (κ3) is 3.75. The van der Waals surface area contributed by atoms with Crippen molar-refractivity contribution in [3.05, 3.63) is 22.1 Å². The van der Waals surface area contributed by atoms with E-state index < -0.39 is 5.43 Å². The van der Waals surface area contributed by atoms with Crippen LogP contribution in [0.3, 0.4) is 0 Å². The van der Waals surface area contributed by atoms with Crippen molar-refractivity contribution in [1.29, 1.82) is 0 Å². The molecule has 0 aliphatic carbocycles. The largest absolute Gasteiger partial charge is 0.503 e. The maximum atomic E-state index is 11.5. The average molecular weight is 267 g/mol. The minimum absolute atomic E-state index is 0.312. The second-order valence-electron chi connectivity index (χ2n) is 5.06. The number of rotatable bonds is 7. The topological polar surface area (TPSA) is 62.5 Å². The average Bonchev–Trinajstić information content (AvgIpc) is 2.41. The summed E-state index contributed by atoms with van der Waals surface area (Å²) in [5, 5.41) is 19.4. The number of pyridine rings is 1. The number of nitrogens with zero attached hydrogens (tertiary/aromatic N) is 1. The molecule has 0 bridgehead atoms. The van der Waals surface area contributed by atoms with Gasteiger partial charge in [-0.3, -0.25) is 4.79 Å². The van der Waals surface area contributed by atoms with Crippen molar-refractivity contribution in [3.8, 4) is 11.5 Å². The van der Waals surface area contributed by atoms with Crippen LogP contribution in [0, 0.1) is 5.92 Å². The number of aromatic hydroxyl groups is 2. The molecule has 2 N–H and O–H groups in total. The number of aromatic nitrogens is 1. The summed E-state index contributed by atoms with van der Waals surface area (Å²) in [5.41, 5.74) is -0.0625. The van der Waals surface area contributed by atoms with Gasteiger partial charge in [-0.1, -0.05) is 40.0 Å². The SMILES string of the molecule is CCCCC(CC)Cn1cc(O)c(=O)c(O)c1CC. The predicted octanol–water partition coefficient (Wildman–Crippen LogP) is 3.04. The number of hydrogen-bond donors (Lipinski definition) is 2. The van der Waals surface area contributed by atoms with Crippen molar-refractivity contribution >= 4 is 0 Å². The van der Waals surface area contributed by atoms with E-state index in [4.69, 9.17) is 0 Å². The lowest BCUT2D eigenvalue weighted by Gasteiger charge is -2.20. The molecule has 4 heteroatoms. The first-order valence-electron chi connectivity index (χ1n) is 7.19. The minimum atomic E-state index is -0.672. The molecule has 0 aliphatic heterocycles. The second kappa shape index (κ2) is 7.22. The Labute approximate surface area is 114 Å². The standard InChI is InChI=1S/C15H25NO3/c1-4-7-8-11(5-2)9-16-10-13(17)15(19)14(18)12(16)6-3/h10-11,17-18H,4-9H2,1-3H3. The van der Waals surface area contributed by atoms with Gasteiger partial charge in [0.2, 0.25) is 0 Å². The molecule has 108 valence electrons. The number of hydrogen-bond acceptors (Lipinski definition) is 3. The Bertz CT molecular complexity index is 465. The van der Waals surface area contributed by atoms with E-state index in [1.165, 1.54) is 12.6 Å². The highest BCUT2D eigenvalue weighted by Crippen LogP contribution is 2.21. The molecule has 0 spiro atoms. The highest BCUT2D eigenvalue weighted by molar-refractivity contribution is 5.34. The Kier molecular flexibility index (Phi) is 5.93. The molecule has 1 rings (SSSR count). The Morgan fingerprint density at radius 1 is 1.26 bits per heavy atom. The molecule has 0 saturated heterocycles. The Balaban J connectivity index is 3.02. The summed E-state index contributed by atoms with van der Waals surface area (Å²) in [6.45, 7) is 6.95. The lowest BCUT2D eigenvalue weighted by Crippen LogP contribution is -2.17. The van der Waals surface area contributed by atoms with Gasteiger partial charge in [0.25, 0.3) is 5.43 Å². The van der Waals surface area contributed by atoms with Gasteiger partial charge in [-0.05, 0) is 18.8 Å². The van der Waals surface area contributed by atoms with E-state index in [1.807, 2.05) is 11.5 Å². The summed E-state index contributed by atoms with van der Waals surface area (Å²) < 4.78 is 1.83. The van der Waals surface area contributed by atoms with E-state index in [-0.39, 0.29) is 11.5 Å². The van der Waals surface area contributed by atoms with Crippen LogP contribution in [0.25, 0.3) is 0 Å². The van der Waals surface area contributed by atoms with Crippen LogP contribution in [0.2, 0.25) is 0 Å². The Morgan fingerprint density at radius 2 is 1.95 bits per heavy atom. The fraction of sp³-hybridized carbons (Fsp3) is 0.667. The minimum Gasteiger partial charge on any atom is -0.503 e. The smallest absolute Gasteiger partial charge is 0.264 e. The zero-order valence-corrected chi connectivity index (χ0v) is 12.1. The van der Waals surface area contributed by atoms with Gasteiger partial charge in [-0.15, -0.1) is 0 Å². The van der Waals surface area contributed by atoms with Gasteiger partial charge in [-0.2, -0.15) is 0 Å². The maximum Gasteiger partial charge on any atom is 0.264 e. The van der Waals surface area contributed by atoms with Crippen LogP contribution in [0.1, 0.15) is 52.1 Å². The van der Waals surface area contributed by atoms with Crippen LogP contribution in [-0.4, -0.2) is 14.8 Å². The quantitative estimate of drug-likeness (QED) is 0.798. The van der Waals surface area contributed by atoms with Gasteiger partial charge in [0, 0.05) is 6.54 Å². The van der Waals surface area contributed by atoms with Crippen molar-refractivity contribution in [2.45, 2.75) is 59.4 Å². The molecule has 0 aromatic carbocycles. The van der Waals surface area contributed by atoms with Crippen LogP contribution in [0.15, 0.2) is 11.0 Å². The molecule has 1 heterocycles. The van der Waals surface area contributed by atoms with E-state index in [0.29, 0.717) is 18.0 Å². The fourth-order valence-corrected chi connectivity index (χ4v) is 2.40. The van der Waals surface area contributed by atoms with Crippen molar-refractivity contribution < 1.29 is 10.2 Å². The van der Waals surface area contributed by atoms with E-state index in [2.05, 4.69) is 13.8 Å². The first-order valence-corrected chi connectivity index (χ1v) is 7.19. The van der Waals surface area contributed by atoms with Gasteiger partial charge in [-0.25, -0.2) is 0 Å². The Morgan fingerprint density at radius 3 is 2.47 bits per heavy atom. The van der Waals surface area contributed by atoms with E-state index >= 15 is 0 Å². The molecule has 0 radical (unpaired) electrons. The summed E-state index contributed by atoms with van der Waals surface area (Å²) in [7, 11) is 0. The molecule has 0 fully saturated rings. The van der Waals surface area contributed by atoms with Crippen LogP contribution in [-0.2, 0) is 13.0 Å². The first-order chi connectivity index (χ1) is 9.04. The van der Waals surface area contributed by atoms with Gasteiger partial charge < -0.3 is 14.8 Å². The molecule has 0 saturated carbocycles. The fourth-order valence-electron chi connectivity index (χ4n) is 2.40.